The molecule has 0 aliphatic carbocycles. The molecule has 220 valence electrons. The Balaban J connectivity index is 0. The molecule has 0 spiro atoms. The highest BCUT2D eigenvalue weighted by Crippen LogP contribution is 2.14. The second kappa shape index (κ2) is 39.4. The molecule has 0 aromatic rings. The summed E-state index contributed by atoms with van der Waals surface area (Å²) in [6.45, 7) is 5.82. The summed E-state index contributed by atoms with van der Waals surface area (Å²) in [5, 5.41) is 8.66. The summed E-state index contributed by atoms with van der Waals surface area (Å²) in [6, 6.07) is 0. The summed E-state index contributed by atoms with van der Waals surface area (Å²) in [4.78, 5) is 0. The third-order valence-corrected chi connectivity index (χ3v) is 7.57. The molecule has 2 nitrogen and oxygen atoms in total. The first-order valence-electron chi connectivity index (χ1n) is 17.1. The lowest BCUT2D eigenvalue weighted by atomic mass is 10.0. The van der Waals surface area contributed by atoms with Crippen LogP contribution in [0.2, 0.25) is 0 Å². The Hall–Kier alpha value is -0.0800. The average molecular weight is 512 g/mol. The molecule has 0 saturated carbocycles. The van der Waals surface area contributed by atoms with Crippen molar-refractivity contribution in [2.24, 2.45) is 5.73 Å². The molecule has 0 radical (unpaired) electrons. The van der Waals surface area contributed by atoms with Crippen LogP contribution in [0.25, 0.3) is 0 Å². The molecule has 3 N–H and O–H groups in total. The summed E-state index contributed by atoms with van der Waals surface area (Å²) < 4.78 is 0. The minimum atomic E-state index is 0.373. The van der Waals surface area contributed by atoms with Crippen LogP contribution >= 0.6 is 0 Å². The van der Waals surface area contributed by atoms with E-state index >= 15 is 0 Å². The van der Waals surface area contributed by atoms with E-state index in [1.54, 1.807) is 0 Å². The van der Waals surface area contributed by atoms with Crippen molar-refractivity contribution in [2.75, 3.05) is 13.2 Å². The predicted octanol–water partition coefficient (Wildman–Crippen LogP) is 11.7. The van der Waals surface area contributed by atoms with Gasteiger partial charge in [0.1, 0.15) is 0 Å². The van der Waals surface area contributed by atoms with Gasteiger partial charge in [-0.25, -0.2) is 0 Å². The Morgan fingerprint density at radius 2 is 0.500 bits per heavy atom. The third-order valence-electron chi connectivity index (χ3n) is 7.57. The van der Waals surface area contributed by atoms with Crippen LogP contribution in [0.5, 0.6) is 0 Å². The van der Waals surface area contributed by atoms with Gasteiger partial charge in [0.25, 0.3) is 0 Å². The van der Waals surface area contributed by atoms with Crippen molar-refractivity contribution in [3.63, 3.8) is 0 Å². The Labute approximate surface area is 230 Å². The standard InChI is InChI=1S/C17H37N.C17H36O/c2*1-2-3-4-5-6-7-8-9-10-11-12-13-14-15-16-17-18/h2-18H2,1H3;18H,2-17H2,1H3. The van der Waals surface area contributed by atoms with Gasteiger partial charge in [-0.2, -0.15) is 0 Å². The molecule has 0 fully saturated rings. The highest BCUT2D eigenvalue weighted by atomic mass is 16.2. The SMILES string of the molecule is CCCCCCCCCCCCCCCCCN.CCCCCCCCCCCCCCCCCO. The molecule has 0 atom stereocenters. The molecule has 0 bridgehead atoms. The van der Waals surface area contributed by atoms with Crippen molar-refractivity contribution >= 4 is 0 Å². The Morgan fingerprint density at radius 1 is 0.306 bits per heavy atom. The van der Waals surface area contributed by atoms with E-state index in [-0.39, 0.29) is 0 Å². The van der Waals surface area contributed by atoms with Crippen LogP contribution in [-0.4, -0.2) is 18.3 Å². The Kier molecular flexibility index (Phi) is 41.7. The summed E-state index contributed by atoms with van der Waals surface area (Å²) in [5.74, 6) is 0. The van der Waals surface area contributed by atoms with Crippen molar-refractivity contribution in [1.29, 1.82) is 0 Å². The summed E-state index contributed by atoms with van der Waals surface area (Å²) >= 11 is 0. The average Bonchev–Trinajstić information content (AvgIpc) is 2.89. The first kappa shape index (κ1) is 38.1. The molecule has 0 aromatic carbocycles. The van der Waals surface area contributed by atoms with E-state index in [4.69, 9.17) is 10.8 Å². The van der Waals surface area contributed by atoms with Gasteiger partial charge in [0, 0.05) is 6.61 Å². The lowest BCUT2D eigenvalue weighted by molar-refractivity contribution is 0.282. The van der Waals surface area contributed by atoms with Gasteiger partial charge in [0.15, 0.2) is 0 Å². The van der Waals surface area contributed by atoms with Gasteiger partial charge in [-0.15, -0.1) is 0 Å². The molecule has 0 heterocycles. The molecular weight excluding hydrogens is 438 g/mol. The molecule has 36 heavy (non-hydrogen) atoms. The molecule has 0 amide bonds. The second-order valence-corrected chi connectivity index (χ2v) is 11.4. The molecule has 0 aromatic heterocycles. The van der Waals surface area contributed by atoms with Crippen LogP contribution < -0.4 is 5.73 Å². The summed E-state index contributed by atoms with van der Waals surface area (Å²) in [7, 11) is 0. The number of hydrogen-bond donors (Lipinski definition) is 2. The lowest BCUT2D eigenvalue weighted by Gasteiger charge is -2.03. The van der Waals surface area contributed by atoms with Gasteiger partial charge in [0.2, 0.25) is 0 Å². The van der Waals surface area contributed by atoms with Gasteiger partial charge >= 0.3 is 0 Å². The van der Waals surface area contributed by atoms with E-state index in [1.807, 2.05) is 0 Å². The fourth-order valence-electron chi connectivity index (χ4n) is 5.00. The maximum absolute atomic E-state index is 8.66. The van der Waals surface area contributed by atoms with Gasteiger partial charge < -0.3 is 10.8 Å². The van der Waals surface area contributed by atoms with E-state index in [0.29, 0.717) is 6.61 Å². The minimum absolute atomic E-state index is 0.373. The smallest absolute Gasteiger partial charge is 0.0431 e. The van der Waals surface area contributed by atoms with Crippen LogP contribution in [-0.2, 0) is 0 Å². The molecule has 0 aliphatic heterocycles. The first-order valence-corrected chi connectivity index (χ1v) is 17.1. The highest BCUT2D eigenvalue weighted by Gasteiger charge is 1.95. The fraction of sp³-hybridized carbons (Fsp3) is 1.00. The van der Waals surface area contributed by atoms with E-state index in [9.17, 15) is 0 Å². The monoisotopic (exact) mass is 512 g/mol. The Bertz CT molecular complexity index is 269. The van der Waals surface area contributed by atoms with Crippen LogP contribution in [0, 0.1) is 0 Å². The van der Waals surface area contributed by atoms with Crippen molar-refractivity contribution in [1.82, 2.24) is 0 Å². The molecule has 2 heteroatoms. The maximum Gasteiger partial charge on any atom is 0.0431 e. The number of rotatable bonds is 30. The number of nitrogens with two attached hydrogens (primary N) is 1. The summed E-state index contributed by atoms with van der Waals surface area (Å²) in [5.41, 5.74) is 5.48. The third kappa shape index (κ3) is 41.1. The highest BCUT2D eigenvalue weighted by molar-refractivity contribution is 4.51. The van der Waals surface area contributed by atoms with E-state index < -0.39 is 0 Å². The molecular formula is C34H73NO. The minimum Gasteiger partial charge on any atom is -0.396 e. The number of unbranched alkanes of at least 4 members (excludes halogenated alkanes) is 28. The normalized spacial score (nSPS) is 11.0. The zero-order valence-corrected chi connectivity index (χ0v) is 25.7. The number of aliphatic hydroxyl groups excluding tert-OH is 1. The van der Waals surface area contributed by atoms with Crippen molar-refractivity contribution in [3.05, 3.63) is 0 Å². The van der Waals surface area contributed by atoms with Crippen molar-refractivity contribution < 1.29 is 5.11 Å². The number of aliphatic hydroxyl groups is 1. The van der Waals surface area contributed by atoms with Gasteiger partial charge in [-0.05, 0) is 19.4 Å². The van der Waals surface area contributed by atoms with Crippen molar-refractivity contribution in [2.45, 2.75) is 206 Å². The van der Waals surface area contributed by atoms with Crippen LogP contribution in [0.1, 0.15) is 206 Å². The van der Waals surface area contributed by atoms with E-state index in [0.717, 1.165) is 13.0 Å². The fourth-order valence-corrected chi connectivity index (χ4v) is 5.00. The van der Waals surface area contributed by atoms with Crippen LogP contribution in [0.4, 0.5) is 0 Å². The molecule has 0 aliphatic rings. The zero-order chi connectivity index (χ0) is 26.6. The predicted molar refractivity (Wildman–Crippen MR) is 166 cm³/mol. The van der Waals surface area contributed by atoms with Gasteiger partial charge in [0.05, 0.1) is 0 Å². The molecule has 0 unspecified atom stereocenters. The zero-order valence-electron chi connectivity index (χ0n) is 25.7. The quantitative estimate of drug-likeness (QED) is 0.0941. The molecule has 0 rings (SSSR count). The van der Waals surface area contributed by atoms with Gasteiger partial charge in [-0.3, -0.25) is 0 Å². The van der Waals surface area contributed by atoms with Crippen molar-refractivity contribution in [3.8, 4) is 0 Å². The topological polar surface area (TPSA) is 46.2 Å². The second-order valence-electron chi connectivity index (χ2n) is 11.4. The van der Waals surface area contributed by atoms with Crippen LogP contribution in [0.3, 0.4) is 0 Å². The van der Waals surface area contributed by atoms with Crippen LogP contribution in [0.15, 0.2) is 0 Å². The lowest BCUT2D eigenvalue weighted by Crippen LogP contribution is -1.97. The van der Waals surface area contributed by atoms with E-state index in [1.165, 1.54) is 186 Å². The maximum atomic E-state index is 8.66. The Morgan fingerprint density at radius 3 is 0.694 bits per heavy atom. The largest absolute Gasteiger partial charge is 0.396 e. The number of hydrogen-bond acceptors (Lipinski definition) is 2. The first-order chi connectivity index (χ1) is 17.8. The summed E-state index contributed by atoms with van der Waals surface area (Å²) in [6.07, 6.45) is 42.1. The van der Waals surface area contributed by atoms with E-state index in [2.05, 4.69) is 13.8 Å². The molecule has 0 saturated heterocycles. The van der Waals surface area contributed by atoms with Gasteiger partial charge in [-0.1, -0.05) is 194 Å².